The second-order valence-corrected chi connectivity index (χ2v) is 8.00. The van der Waals surface area contributed by atoms with E-state index in [0.29, 0.717) is 17.9 Å². The zero-order valence-electron chi connectivity index (χ0n) is 16.5. The SMILES string of the molecule is CCOc1cccc(-c2cccc(S(=O)(=O)Nc3ccc(C(=O)OC)c(O)c3)c2)c1. The third-order valence-electron chi connectivity index (χ3n) is 4.28. The molecule has 2 N–H and O–H groups in total. The molecule has 0 unspecified atom stereocenters. The maximum atomic E-state index is 12.8. The third-order valence-corrected chi connectivity index (χ3v) is 5.66. The van der Waals surface area contributed by atoms with Gasteiger partial charge in [-0.15, -0.1) is 0 Å². The quantitative estimate of drug-likeness (QED) is 0.552. The normalized spacial score (nSPS) is 11.0. The summed E-state index contributed by atoms with van der Waals surface area (Å²) in [5.41, 5.74) is 1.59. The van der Waals surface area contributed by atoms with Crippen molar-refractivity contribution in [1.82, 2.24) is 0 Å². The number of ether oxygens (including phenoxy) is 2. The third kappa shape index (κ3) is 4.72. The predicted molar refractivity (Wildman–Crippen MR) is 113 cm³/mol. The van der Waals surface area contributed by atoms with Gasteiger partial charge in [0.25, 0.3) is 10.0 Å². The van der Waals surface area contributed by atoms with Crippen molar-refractivity contribution in [2.24, 2.45) is 0 Å². The van der Waals surface area contributed by atoms with Gasteiger partial charge in [0.05, 0.1) is 24.3 Å². The van der Waals surface area contributed by atoms with E-state index < -0.39 is 16.0 Å². The number of hydrogen-bond donors (Lipinski definition) is 2. The molecule has 3 aromatic rings. The Morgan fingerprint density at radius 2 is 1.70 bits per heavy atom. The zero-order valence-corrected chi connectivity index (χ0v) is 17.3. The first-order valence-corrected chi connectivity index (χ1v) is 10.6. The summed E-state index contributed by atoms with van der Waals surface area (Å²) in [6.07, 6.45) is 0. The van der Waals surface area contributed by atoms with Gasteiger partial charge >= 0.3 is 5.97 Å². The highest BCUT2D eigenvalue weighted by molar-refractivity contribution is 7.92. The topological polar surface area (TPSA) is 102 Å². The number of anilines is 1. The van der Waals surface area contributed by atoms with Crippen molar-refractivity contribution in [3.8, 4) is 22.6 Å². The van der Waals surface area contributed by atoms with Gasteiger partial charge in [0.2, 0.25) is 0 Å². The number of carbonyl (C=O) groups excluding carboxylic acids is 1. The molecule has 0 radical (unpaired) electrons. The molecule has 8 heteroatoms. The van der Waals surface area contributed by atoms with Gasteiger partial charge < -0.3 is 14.6 Å². The smallest absolute Gasteiger partial charge is 0.341 e. The van der Waals surface area contributed by atoms with Crippen LogP contribution in [0.4, 0.5) is 5.69 Å². The molecule has 30 heavy (non-hydrogen) atoms. The summed E-state index contributed by atoms with van der Waals surface area (Å²) in [5.74, 6) is -0.407. The number of hydrogen-bond acceptors (Lipinski definition) is 6. The van der Waals surface area contributed by atoms with Crippen molar-refractivity contribution in [1.29, 1.82) is 0 Å². The van der Waals surface area contributed by atoms with Gasteiger partial charge in [0, 0.05) is 6.07 Å². The molecule has 3 rings (SSSR count). The number of sulfonamides is 1. The molecule has 0 heterocycles. The molecule has 0 atom stereocenters. The van der Waals surface area contributed by atoms with Crippen LogP contribution in [0.5, 0.6) is 11.5 Å². The Kier molecular flexibility index (Phi) is 6.27. The lowest BCUT2D eigenvalue weighted by Crippen LogP contribution is -2.13. The second-order valence-electron chi connectivity index (χ2n) is 6.32. The minimum Gasteiger partial charge on any atom is -0.507 e. The van der Waals surface area contributed by atoms with E-state index >= 15 is 0 Å². The summed E-state index contributed by atoms with van der Waals surface area (Å²) in [5, 5.41) is 9.98. The number of nitrogens with one attached hydrogen (secondary N) is 1. The highest BCUT2D eigenvalue weighted by atomic mass is 32.2. The molecule has 0 bridgehead atoms. The van der Waals surface area contributed by atoms with Crippen LogP contribution >= 0.6 is 0 Å². The van der Waals surface area contributed by atoms with Crippen LogP contribution in [0.15, 0.2) is 71.6 Å². The van der Waals surface area contributed by atoms with Crippen LogP contribution in [0.1, 0.15) is 17.3 Å². The predicted octanol–water partition coefficient (Wildman–Crippen LogP) is 4.05. The van der Waals surface area contributed by atoms with E-state index in [9.17, 15) is 18.3 Å². The van der Waals surface area contributed by atoms with Gasteiger partial charge in [-0.25, -0.2) is 13.2 Å². The van der Waals surface area contributed by atoms with E-state index in [1.54, 1.807) is 18.2 Å². The van der Waals surface area contributed by atoms with Crippen LogP contribution < -0.4 is 9.46 Å². The first-order valence-electron chi connectivity index (χ1n) is 9.11. The lowest BCUT2D eigenvalue weighted by Gasteiger charge is -2.11. The van der Waals surface area contributed by atoms with E-state index in [0.717, 1.165) is 11.6 Å². The molecule has 0 aliphatic rings. The lowest BCUT2D eigenvalue weighted by atomic mass is 10.1. The number of carbonyl (C=O) groups is 1. The largest absolute Gasteiger partial charge is 0.507 e. The molecule has 7 nitrogen and oxygen atoms in total. The highest BCUT2D eigenvalue weighted by Crippen LogP contribution is 2.28. The molecule has 0 aliphatic carbocycles. The van der Waals surface area contributed by atoms with Crippen LogP contribution in [0.3, 0.4) is 0 Å². The summed E-state index contributed by atoms with van der Waals surface area (Å²) in [6, 6.07) is 17.7. The summed E-state index contributed by atoms with van der Waals surface area (Å²) < 4.78 is 38.1. The monoisotopic (exact) mass is 427 g/mol. The van der Waals surface area contributed by atoms with Crippen molar-refractivity contribution < 1.29 is 27.8 Å². The van der Waals surface area contributed by atoms with E-state index in [-0.39, 0.29) is 21.9 Å². The molecule has 0 spiro atoms. The fourth-order valence-corrected chi connectivity index (χ4v) is 3.96. The van der Waals surface area contributed by atoms with Gasteiger partial charge in [-0.2, -0.15) is 0 Å². The summed E-state index contributed by atoms with van der Waals surface area (Å²) >= 11 is 0. The van der Waals surface area contributed by atoms with Crippen molar-refractivity contribution in [2.45, 2.75) is 11.8 Å². The second kappa shape index (κ2) is 8.87. The van der Waals surface area contributed by atoms with Crippen LogP contribution in [-0.2, 0) is 14.8 Å². The number of esters is 1. The van der Waals surface area contributed by atoms with E-state index in [1.807, 2.05) is 31.2 Å². The van der Waals surface area contributed by atoms with Crippen molar-refractivity contribution >= 4 is 21.7 Å². The number of phenols is 1. The van der Waals surface area contributed by atoms with Gasteiger partial charge in [-0.1, -0.05) is 24.3 Å². The first kappa shape index (κ1) is 21.2. The standard InChI is InChI=1S/C22H21NO6S/c1-3-29-18-8-4-6-15(12-18)16-7-5-9-19(13-16)30(26,27)23-17-10-11-20(21(24)14-17)22(25)28-2/h4-14,23-24H,3H2,1-2H3. The molecular formula is C22H21NO6S. The number of benzene rings is 3. The van der Waals surface area contributed by atoms with Crippen LogP contribution in [0.2, 0.25) is 0 Å². The summed E-state index contributed by atoms with van der Waals surface area (Å²) in [7, 11) is -2.74. The Morgan fingerprint density at radius 1 is 1.00 bits per heavy atom. The van der Waals surface area contributed by atoms with Crippen molar-refractivity contribution in [2.75, 3.05) is 18.4 Å². The summed E-state index contributed by atoms with van der Waals surface area (Å²) in [4.78, 5) is 11.6. The molecule has 0 saturated heterocycles. The average molecular weight is 427 g/mol. The van der Waals surface area contributed by atoms with Gasteiger partial charge in [-0.05, 0) is 54.4 Å². The fourth-order valence-electron chi connectivity index (χ4n) is 2.87. The first-order chi connectivity index (χ1) is 14.3. The van der Waals surface area contributed by atoms with Crippen molar-refractivity contribution in [3.63, 3.8) is 0 Å². The molecule has 0 fully saturated rings. The van der Waals surface area contributed by atoms with Gasteiger partial charge in [0.15, 0.2) is 0 Å². The minimum absolute atomic E-state index is 0.0540. The minimum atomic E-state index is -3.93. The fraction of sp³-hybridized carbons (Fsp3) is 0.136. The summed E-state index contributed by atoms with van der Waals surface area (Å²) in [6.45, 7) is 2.42. The Hall–Kier alpha value is -3.52. The van der Waals surface area contributed by atoms with E-state index in [1.165, 1.54) is 25.3 Å². The van der Waals surface area contributed by atoms with E-state index in [2.05, 4.69) is 9.46 Å². The van der Waals surface area contributed by atoms with Crippen LogP contribution in [-0.4, -0.2) is 33.2 Å². The average Bonchev–Trinajstić information content (AvgIpc) is 2.73. The zero-order chi connectivity index (χ0) is 21.7. The maximum Gasteiger partial charge on any atom is 0.341 e. The lowest BCUT2D eigenvalue weighted by molar-refractivity contribution is 0.0597. The highest BCUT2D eigenvalue weighted by Gasteiger charge is 2.18. The van der Waals surface area contributed by atoms with Gasteiger partial charge in [-0.3, -0.25) is 4.72 Å². The molecule has 0 aromatic heterocycles. The van der Waals surface area contributed by atoms with Crippen LogP contribution in [0, 0.1) is 0 Å². The Bertz CT molecular complexity index is 1170. The van der Waals surface area contributed by atoms with Crippen molar-refractivity contribution in [3.05, 3.63) is 72.3 Å². The number of methoxy groups -OCH3 is 1. The Labute approximate surface area is 174 Å². The number of phenolic OH excluding ortho intramolecular Hbond substituents is 1. The number of rotatable bonds is 7. The number of aromatic hydroxyl groups is 1. The molecule has 3 aromatic carbocycles. The molecular weight excluding hydrogens is 406 g/mol. The molecule has 156 valence electrons. The Balaban J connectivity index is 1.89. The Morgan fingerprint density at radius 3 is 2.37 bits per heavy atom. The van der Waals surface area contributed by atoms with Crippen LogP contribution in [0.25, 0.3) is 11.1 Å². The maximum absolute atomic E-state index is 12.8. The molecule has 0 aliphatic heterocycles. The van der Waals surface area contributed by atoms with Gasteiger partial charge in [0.1, 0.15) is 17.1 Å². The van der Waals surface area contributed by atoms with E-state index in [4.69, 9.17) is 4.74 Å². The molecule has 0 amide bonds. The molecule has 0 saturated carbocycles.